The van der Waals surface area contributed by atoms with Gasteiger partial charge in [-0.2, -0.15) is 0 Å². The van der Waals surface area contributed by atoms with Gasteiger partial charge in [-0.05, 0) is 96.0 Å². The summed E-state index contributed by atoms with van der Waals surface area (Å²) < 4.78 is 17.0. The van der Waals surface area contributed by atoms with Crippen molar-refractivity contribution in [1.29, 1.82) is 0 Å². The summed E-state index contributed by atoms with van der Waals surface area (Å²) in [5.41, 5.74) is 2.97. The van der Waals surface area contributed by atoms with E-state index in [4.69, 9.17) is 14.2 Å². The Balaban J connectivity index is 1.31. The summed E-state index contributed by atoms with van der Waals surface area (Å²) in [5.74, 6) is 0.725. The summed E-state index contributed by atoms with van der Waals surface area (Å²) >= 11 is 1.29. The third-order valence-corrected chi connectivity index (χ3v) is 7.44. The molecule has 0 aliphatic carbocycles. The molecule has 0 N–H and O–H groups in total. The maximum Gasteiger partial charge on any atom is 0.338 e. The van der Waals surface area contributed by atoms with E-state index in [2.05, 4.69) is 35.3 Å². The van der Waals surface area contributed by atoms with Crippen LogP contribution in [0.3, 0.4) is 0 Å². The van der Waals surface area contributed by atoms with E-state index in [0.717, 1.165) is 11.1 Å². The monoisotopic (exact) mass is 566 g/mol. The minimum absolute atomic E-state index is 0.147. The van der Waals surface area contributed by atoms with Crippen molar-refractivity contribution in [2.24, 2.45) is 4.99 Å². The summed E-state index contributed by atoms with van der Waals surface area (Å²) in [6, 6.07) is 26.9. The van der Waals surface area contributed by atoms with E-state index in [1.54, 1.807) is 38.2 Å². The van der Waals surface area contributed by atoms with Gasteiger partial charge in [0.15, 0.2) is 16.7 Å². The number of amidine groups is 1. The van der Waals surface area contributed by atoms with E-state index >= 15 is 0 Å². The van der Waals surface area contributed by atoms with E-state index in [9.17, 15) is 9.59 Å². The molecule has 0 unspecified atom stereocenters. The number of hydrogen-bond donors (Lipinski definition) is 0. The number of amides is 1. The van der Waals surface area contributed by atoms with Crippen LogP contribution in [-0.2, 0) is 16.1 Å². The van der Waals surface area contributed by atoms with Crippen molar-refractivity contribution in [1.82, 2.24) is 4.90 Å². The lowest BCUT2D eigenvalue weighted by atomic mass is 10.1. The predicted molar refractivity (Wildman–Crippen MR) is 164 cm³/mol. The normalized spacial score (nSPS) is 15.1. The quantitative estimate of drug-likeness (QED) is 0.157. The van der Waals surface area contributed by atoms with Crippen LogP contribution in [0, 0.1) is 0 Å². The van der Waals surface area contributed by atoms with Crippen molar-refractivity contribution in [3.63, 3.8) is 0 Å². The predicted octanol–water partition coefficient (Wildman–Crippen LogP) is 7.23. The van der Waals surface area contributed by atoms with Crippen molar-refractivity contribution in [3.05, 3.63) is 107 Å². The number of aliphatic imine (C=N–C) groups is 1. The number of esters is 1. The van der Waals surface area contributed by atoms with Crippen LogP contribution >= 0.6 is 11.8 Å². The molecule has 5 rings (SSSR count). The van der Waals surface area contributed by atoms with E-state index < -0.39 is 0 Å². The van der Waals surface area contributed by atoms with Crippen molar-refractivity contribution in [3.8, 4) is 11.5 Å². The summed E-state index contributed by atoms with van der Waals surface area (Å²) in [6.07, 6.45) is 1.82. The number of carbonyl (C=O) groups excluding carboxylic acids is 2. The topological polar surface area (TPSA) is 77.4 Å². The molecule has 4 aromatic carbocycles. The molecule has 0 spiro atoms. The number of likely N-dealkylation sites (N-methyl/N-ethyl adjacent to an activating group) is 1. The first kappa shape index (κ1) is 28.0. The molecule has 1 heterocycles. The van der Waals surface area contributed by atoms with Crippen LogP contribution in [0.1, 0.15) is 35.3 Å². The zero-order chi connectivity index (χ0) is 28.8. The van der Waals surface area contributed by atoms with Crippen LogP contribution in [0.2, 0.25) is 0 Å². The molecule has 0 saturated carbocycles. The van der Waals surface area contributed by atoms with Gasteiger partial charge in [0.05, 0.1) is 29.4 Å². The number of nitrogens with zero attached hydrogens (tertiary/aromatic N) is 2. The number of fused-ring (bicyclic) bond motifs is 1. The fraction of sp³-hybridized carbons (Fsp3) is 0.182. The van der Waals surface area contributed by atoms with Gasteiger partial charge in [0, 0.05) is 7.05 Å². The van der Waals surface area contributed by atoms with E-state index in [1.807, 2.05) is 43.3 Å². The second-order valence-corrected chi connectivity index (χ2v) is 10.3. The molecule has 7 nitrogen and oxygen atoms in total. The highest BCUT2D eigenvalue weighted by atomic mass is 32.2. The van der Waals surface area contributed by atoms with Gasteiger partial charge in [0.25, 0.3) is 5.91 Å². The second-order valence-electron chi connectivity index (χ2n) is 9.25. The molecule has 0 atom stereocenters. The Bertz CT molecular complexity index is 1650. The molecule has 1 aliphatic rings. The van der Waals surface area contributed by atoms with Crippen LogP contribution in [0.25, 0.3) is 16.8 Å². The van der Waals surface area contributed by atoms with Gasteiger partial charge < -0.3 is 14.2 Å². The Morgan fingerprint density at radius 1 is 0.878 bits per heavy atom. The lowest BCUT2D eigenvalue weighted by Crippen LogP contribution is -2.23. The maximum absolute atomic E-state index is 13.0. The summed E-state index contributed by atoms with van der Waals surface area (Å²) in [7, 11) is 1.69. The van der Waals surface area contributed by atoms with Crippen LogP contribution < -0.4 is 9.47 Å². The zero-order valence-electron chi connectivity index (χ0n) is 23.1. The largest absolute Gasteiger partial charge is 0.490 e. The van der Waals surface area contributed by atoms with Crippen LogP contribution in [-0.4, -0.2) is 42.2 Å². The van der Waals surface area contributed by atoms with Crippen molar-refractivity contribution >= 4 is 51.3 Å². The highest BCUT2D eigenvalue weighted by Gasteiger charge is 2.30. The Kier molecular flexibility index (Phi) is 8.70. The number of benzene rings is 4. The van der Waals surface area contributed by atoms with Gasteiger partial charge in [-0.3, -0.25) is 9.69 Å². The molecule has 1 fully saturated rings. The van der Waals surface area contributed by atoms with Crippen molar-refractivity contribution in [2.45, 2.75) is 20.5 Å². The highest BCUT2D eigenvalue weighted by Crippen LogP contribution is 2.35. The molecule has 0 bridgehead atoms. The lowest BCUT2D eigenvalue weighted by Gasteiger charge is -2.13. The zero-order valence-corrected chi connectivity index (χ0v) is 23.9. The maximum atomic E-state index is 13.0. The smallest absolute Gasteiger partial charge is 0.338 e. The number of carbonyl (C=O) groups is 2. The van der Waals surface area contributed by atoms with E-state index in [-0.39, 0.29) is 11.9 Å². The first-order valence-corrected chi connectivity index (χ1v) is 14.2. The average molecular weight is 567 g/mol. The minimum atomic E-state index is -0.379. The van der Waals surface area contributed by atoms with Crippen molar-refractivity contribution < 1.29 is 23.8 Å². The standard InChI is InChI=1S/C33H30N2O5S/c1-4-38-29-19-22(11-17-28(29)40-21-23-10-12-24-8-6-7-9-26(24)18-23)20-30-31(36)35(3)33(41-30)34-27-15-13-25(14-16-27)32(37)39-5-2/h6-20H,4-5,21H2,1-3H3/b30-20+,34-33?. The second kappa shape index (κ2) is 12.7. The number of thioether (sulfide) groups is 1. The molecule has 4 aromatic rings. The molecule has 1 amide bonds. The summed E-state index contributed by atoms with van der Waals surface area (Å²) in [5, 5.41) is 2.90. The van der Waals surface area contributed by atoms with Gasteiger partial charge in [-0.1, -0.05) is 42.5 Å². The minimum Gasteiger partial charge on any atom is -0.490 e. The Morgan fingerprint density at radius 2 is 1.66 bits per heavy atom. The average Bonchev–Trinajstić information content (AvgIpc) is 3.24. The molecule has 0 aromatic heterocycles. The molecule has 8 heteroatoms. The SMILES string of the molecule is CCOC(=O)c1ccc(N=C2S/C(=C/c3ccc(OCc4ccc5ccccc5c4)c(OCC)c3)C(=O)N2C)cc1. The molecular formula is C33H30N2O5S. The Hall–Kier alpha value is -4.56. The summed E-state index contributed by atoms with van der Waals surface area (Å²) in [4.78, 5) is 31.6. The highest BCUT2D eigenvalue weighted by molar-refractivity contribution is 8.18. The van der Waals surface area contributed by atoms with Gasteiger partial charge in [0.2, 0.25) is 0 Å². The molecule has 0 radical (unpaired) electrons. The van der Waals surface area contributed by atoms with E-state index in [0.29, 0.717) is 52.6 Å². The van der Waals surface area contributed by atoms with Gasteiger partial charge in [-0.25, -0.2) is 9.79 Å². The molecular weight excluding hydrogens is 536 g/mol. The van der Waals surface area contributed by atoms with Gasteiger partial charge in [0.1, 0.15) is 6.61 Å². The number of hydrogen-bond acceptors (Lipinski definition) is 7. The third-order valence-electron chi connectivity index (χ3n) is 6.38. The summed E-state index contributed by atoms with van der Waals surface area (Å²) in [6.45, 7) is 4.89. The van der Waals surface area contributed by atoms with E-state index in [1.165, 1.54) is 27.4 Å². The number of rotatable bonds is 9. The fourth-order valence-corrected chi connectivity index (χ4v) is 5.28. The number of ether oxygens (including phenoxy) is 3. The van der Waals surface area contributed by atoms with Crippen LogP contribution in [0.5, 0.6) is 11.5 Å². The molecule has 1 saturated heterocycles. The Morgan fingerprint density at radius 3 is 2.41 bits per heavy atom. The van der Waals surface area contributed by atoms with Crippen LogP contribution in [0.4, 0.5) is 5.69 Å². The lowest BCUT2D eigenvalue weighted by molar-refractivity contribution is -0.121. The third kappa shape index (κ3) is 6.61. The van der Waals surface area contributed by atoms with Crippen LogP contribution in [0.15, 0.2) is 94.8 Å². The van der Waals surface area contributed by atoms with Gasteiger partial charge >= 0.3 is 5.97 Å². The molecule has 1 aliphatic heterocycles. The van der Waals surface area contributed by atoms with Gasteiger partial charge in [-0.15, -0.1) is 0 Å². The fourth-order valence-electron chi connectivity index (χ4n) is 4.29. The van der Waals surface area contributed by atoms with Crippen molar-refractivity contribution in [2.75, 3.05) is 20.3 Å². The molecule has 208 valence electrons. The Labute approximate surface area is 243 Å². The first-order chi connectivity index (χ1) is 19.9. The molecule has 41 heavy (non-hydrogen) atoms. The first-order valence-electron chi connectivity index (χ1n) is 13.4.